The highest BCUT2D eigenvalue weighted by atomic mass is 16.6. The van der Waals surface area contributed by atoms with Crippen LogP contribution in [0.1, 0.15) is 40.0 Å². The first kappa shape index (κ1) is 15.8. The Hall–Kier alpha value is -1.63. The molecule has 1 aromatic rings. The van der Waals surface area contributed by atoms with Gasteiger partial charge in [-0.25, -0.2) is 4.79 Å². The van der Waals surface area contributed by atoms with Crippen LogP contribution in [0.4, 0.5) is 4.79 Å². The van der Waals surface area contributed by atoms with E-state index >= 15 is 0 Å². The Labute approximate surface area is 125 Å². The molecule has 0 aliphatic heterocycles. The van der Waals surface area contributed by atoms with E-state index in [1.165, 1.54) is 0 Å². The number of hydrogen-bond donors (Lipinski definition) is 2. The molecule has 2 atom stereocenters. The predicted octanol–water partition coefficient (Wildman–Crippen LogP) is 1.31. The lowest BCUT2D eigenvalue weighted by Gasteiger charge is -2.21. The summed E-state index contributed by atoms with van der Waals surface area (Å²) in [6.45, 7) is 7.27. The summed E-state index contributed by atoms with van der Waals surface area (Å²) in [6, 6.07) is 0.636. The number of hydrogen-bond acceptors (Lipinski definition) is 5. The van der Waals surface area contributed by atoms with E-state index in [1.54, 1.807) is 10.9 Å². The minimum atomic E-state index is -0.446. The molecule has 1 aliphatic rings. The molecule has 118 valence electrons. The highest BCUT2D eigenvalue weighted by Crippen LogP contribution is 2.19. The van der Waals surface area contributed by atoms with E-state index < -0.39 is 5.60 Å². The Balaban J connectivity index is 1.63. The molecular formula is C14H25N5O2. The molecule has 2 rings (SSSR count). The zero-order chi connectivity index (χ0) is 15.3. The second-order valence-electron chi connectivity index (χ2n) is 6.47. The Bertz CT molecular complexity index is 441. The van der Waals surface area contributed by atoms with Crippen LogP contribution < -0.4 is 10.6 Å². The van der Waals surface area contributed by atoms with E-state index in [-0.39, 0.29) is 12.1 Å². The van der Waals surface area contributed by atoms with Gasteiger partial charge in [0.05, 0.1) is 12.7 Å². The van der Waals surface area contributed by atoms with Gasteiger partial charge in [-0.2, -0.15) is 0 Å². The van der Waals surface area contributed by atoms with Gasteiger partial charge >= 0.3 is 6.09 Å². The zero-order valence-corrected chi connectivity index (χ0v) is 13.0. The number of nitrogens with zero attached hydrogens (tertiary/aromatic N) is 3. The predicted molar refractivity (Wildman–Crippen MR) is 78.8 cm³/mol. The average Bonchev–Trinajstić information content (AvgIpc) is 2.98. The number of rotatable bonds is 5. The molecule has 1 amide bonds. The van der Waals surface area contributed by atoms with Crippen LogP contribution in [0.15, 0.2) is 12.4 Å². The summed E-state index contributed by atoms with van der Waals surface area (Å²) >= 11 is 0. The SMILES string of the molecule is CC(C)(C)OC(=O)NC1CCC(NCCn2ccnn2)C1. The molecule has 1 aromatic heterocycles. The molecule has 0 bridgehead atoms. The standard InChI is InChI=1S/C14H25N5O2/c1-14(2,3)21-13(20)17-12-5-4-11(10-12)15-6-8-19-9-7-16-18-19/h7,9,11-12,15H,4-6,8,10H2,1-3H3,(H,17,20). The summed E-state index contributed by atoms with van der Waals surface area (Å²) in [5, 5.41) is 14.1. The van der Waals surface area contributed by atoms with Gasteiger partial charge in [-0.05, 0) is 40.0 Å². The lowest BCUT2D eigenvalue weighted by molar-refractivity contribution is 0.0505. The van der Waals surface area contributed by atoms with Crippen molar-refractivity contribution in [3.63, 3.8) is 0 Å². The van der Waals surface area contributed by atoms with Gasteiger partial charge in [-0.3, -0.25) is 4.68 Å². The summed E-state index contributed by atoms with van der Waals surface area (Å²) < 4.78 is 7.08. The number of alkyl carbamates (subject to hydrolysis) is 1. The summed E-state index contributed by atoms with van der Waals surface area (Å²) in [5.74, 6) is 0. The van der Waals surface area contributed by atoms with Crippen molar-refractivity contribution in [2.45, 2.75) is 64.3 Å². The molecular weight excluding hydrogens is 270 g/mol. The molecule has 2 N–H and O–H groups in total. The lowest BCUT2D eigenvalue weighted by atomic mass is 10.2. The van der Waals surface area contributed by atoms with Crippen molar-refractivity contribution in [2.75, 3.05) is 6.54 Å². The van der Waals surface area contributed by atoms with E-state index in [0.717, 1.165) is 32.4 Å². The Morgan fingerprint density at radius 1 is 1.38 bits per heavy atom. The number of carbonyl (C=O) groups is 1. The summed E-state index contributed by atoms with van der Waals surface area (Å²) in [7, 11) is 0. The van der Waals surface area contributed by atoms with E-state index in [2.05, 4.69) is 20.9 Å². The Morgan fingerprint density at radius 2 is 2.14 bits per heavy atom. The van der Waals surface area contributed by atoms with E-state index in [4.69, 9.17) is 4.74 Å². The molecule has 1 aliphatic carbocycles. The first-order valence-electron chi connectivity index (χ1n) is 7.49. The van der Waals surface area contributed by atoms with Gasteiger partial charge in [0.25, 0.3) is 0 Å². The van der Waals surface area contributed by atoms with Crippen molar-refractivity contribution < 1.29 is 9.53 Å². The van der Waals surface area contributed by atoms with Gasteiger partial charge in [0.1, 0.15) is 5.60 Å². The molecule has 1 saturated carbocycles. The van der Waals surface area contributed by atoms with Crippen LogP contribution >= 0.6 is 0 Å². The topological polar surface area (TPSA) is 81.1 Å². The number of carbonyl (C=O) groups excluding carboxylic acids is 1. The van der Waals surface area contributed by atoms with Crippen LogP contribution in [0.25, 0.3) is 0 Å². The van der Waals surface area contributed by atoms with Gasteiger partial charge in [-0.1, -0.05) is 5.21 Å². The Kier molecular flexibility index (Phi) is 5.17. The van der Waals surface area contributed by atoms with E-state index in [0.29, 0.717) is 6.04 Å². The van der Waals surface area contributed by atoms with Crippen molar-refractivity contribution in [1.82, 2.24) is 25.6 Å². The summed E-state index contributed by atoms with van der Waals surface area (Å²) in [6.07, 6.45) is 6.20. The fourth-order valence-electron chi connectivity index (χ4n) is 2.51. The smallest absolute Gasteiger partial charge is 0.407 e. The van der Waals surface area contributed by atoms with E-state index in [9.17, 15) is 4.79 Å². The van der Waals surface area contributed by atoms with Crippen LogP contribution in [-0.4, -0.2) is 45.3 Å². The molecule has 0 spiro atoms. The van der Waals surface area contributed by atoms with Crippen LogP contribution in [0, 0.1) is 0 Å². The quantitative estimate of drug-likeness (QED) is 0.856. The third-order valence-electron chi connectivity index (χ3n) is 3.40. The molecule has 0 saturated heterocycles. The maximum absolute atomic E-state index is 11.7. The average molecular weight is 295 g/mol. The second kappa shape index (κ2) is 6.89. The van der Waals surface area contributed by atoms with Crippen molar-refractivity contribution in [2.24, 2.45) is 0 Å². The molecule has 1 fully saturated rings. The molecule has 7 heteroatoms. The third-order valence-corrected chi connectivity index (χ3v) is 3.40. The normalized spacial score (nSPS) is 22.2. The molecule has 0 aromatic carbocycles. The third kappa shape index (κ3) is 5.71. The van der Waals surface area contributed by atoms with Gasteiger partial charge in [0.2, 0.25) is 0 Å². The highest BCUT2D eigenvalue weighted by molar-refractivity contribution is 5.68. The minimum absolute atomic E-state index is 0.198. The largest absolute Gasteiger partial charge is 0.444 e. The number of ether oxygens (including phenoxy) is 1. The maximum atomic E-state index is 11.7. The number of nitrogens with one attached hydrogen (secondary N) is 2. The minimum Gasteiger partial charge on any atom is -0.444 e. The van der Waals surface area contributed by atoms with Gasteiger partial charge in [-0.15, -0.1) is 5.10 Å². The van der Waals surface area contributed by atoms with Crippen LogP contribution in [0.5, 0.6) is 0 Å². The summed E-state index contributed by atoms with van der Waals surface area (Å²) in [5.41, 5.74) is -0.446. The maximum Gasteiger partial charge on any atom is 0.407 e. The van der Waals surface area contributed by atoms with Gasteiger partial charge < -0.3 is 15.4 Å². The fourth-order valence-corrected chi connectivity index (χ4v) is 2.51. The molecule has 2 unspecified atom stereocenters. The van der Waals surface area contributed by atoms with Crippen molar-refractivity contribution in [1.29, 1.82) is 0 Å². The zero-order valence-electron chi connectivity index (χ0n) is 13.0. The van der Waals surface area contributed by atoms with Crippen LogP contribution in [0.2, 0.25) is 0 Å². The van der Waals surface area contributed by atoms with E-state index in [1.807, 2.05) is 27.0 Å². The lowest BCUT2D eigenvalue weighted by Crippen LogP contribution is -2.39. The van der Waals surface area contributed by atoms with Crippen LogP contribution in [-0.2, 0) is 11.3 Å². The second-order valence-corrected chi connectivity index (χ2v) is 6.47. The summed E-state index contributed by atoms with van der Waals surface area (Å²) in [4.78, 5) is 11.7. The highest BCUT2D eigenvalue weighted by Gasteiger charge is 2.27. The van der Waals surface area contributed by atoms with Crippen LogP contribution in [0.3, 0.4) is 0 Å². The van der Waals surface area contributed by atoms with Crippen molar-refractivity contribution in [3.8, 4) is 0 Å². The number of amides is 1. The monoisotopic (exact) mass is 295 g/mol. The first-order valence-corrected chi connectivity index (χ1v) is 7.49. The van der Waals surface area contributed by atoms with Crippen molar-refractivity contribution in [3.05, 3.63) is 12.4 Å². The first-order chi connectivity index (χ1) is 9.92. The molecule has 0 radical (unpaired) electrons. The number of aromatic nitrogens is 3. The fraction of sp³-hybridized carbons (Fsp3) is 0.786. The van der Waals surface area contributed by atoms with Gasteiger partial charge in [0, 0.05) is 24.8 Å². The molecule has 21 heavy (non-hydrogen) atoms. The molecule has 1 heterocycles. The Morgan fingerprint density at radius 3 is 2.81 bits per heavy atom. The molecule has 7 nitrogen and oxygen atoms in total. The van der Waals surface area contributed by atoms with Crippen molar-refractivity contribution >= 4 is 6.09 Å². The van der Waals surface area contributed by atoms with Gasteiger partial charge in [0.15, 0.2) is 0 Å².